The van der Waals surface area contributed by atoms with Crippen LogP contribution in [0.15, 0.2) is 12.1 Å². The Morgan fingerprint density at radius 3 is 2.55 bits per heavy atom. The number of nitrogens with two attached hydrogens (primary N) is 2. The van der Waals surface area contributed by atoms with Crippen LogP contribution in [0.3, 0.4) is 0 Å². The molecule has 20 heavy (non-hydrogen) atoms. The molecule has 6 heteroatoms. The Morgan fingerprint density at radius 2 is 2.00 bits per heavy atom. The van der Waals surface area contributed by atoms with E-state index in [1.165, 1.54) is 0 Å². The van der Waals surface area contributed by atoms with Gasteiger partial charge in [-0.1, -0.05) is 11.6 Å². The number of nitrogens with zero attached hydrogens (tertiary/aromatic N) is 2. The number of rotatable bonds is 2. The molecule has 108 valence electrons. The summed E-state index contributed by atoms with van der Waals surface area (Å²) in [6.07, 6.45) is 0. The van der Waals surface area contributed by atoms with Crippen molar-refractivity contribution in [3.05, 3.63) is 22.7 Å². The summed E-state index contributed by atoms with van der Waals surface area (Å²) in [4.78, 5) is 15.4. The molecule has 0 saturated carbocycles. The van der Waals surface area contributed by atoms with Crippen LogP contribution in [0.5, 0.6) is 0 Å². The van der Waals surface area contributed by atoms with E-state index in [9.17, 15) is 4.79 Å². The number of nitrogen functional groups attached to an aromatic ring is 1. The summed E-state index contributed by atoms with van der Waals surface area (Å²) in [5.41, 5.74) is 14.7. The van der Waals surface area contributed by atoms with Gasteiger partial charge in [-0.2, -0.15) is 0 Å². The Kier molecular flexibility index (Phi) is 3.06. The van der Waals surface area contributed by atoms with E-state index in [2.05, 4.69) is 4.90 Å². The number of carbonyl (C=O) groups is 1. The Hall–Kier alpha value is -1.46. The van der Waals surface area contributed by atoms with Crippen LogP contribution in [0.25, 0.3) is 0 Å². The average Bonchev–Trinajstić information content (AvgIpc) is 2.24. The molecule has 1 spiro atoms. The second-order valence-corrected chi connectivity index (χ2v) is 6.36. The van der Waals surface area contributed by atoms with Crippen molar-refractivity contribution < 1.29 is 4.79 Å². The highest BCUT2D eigenvalue weighted by Gasteiger charge is 2.52. The van der Waals surface area contributed by atoms with Crippen molar-refractivity contribution in [2.45, 2.75) is 13.5 Å². The first-order chi connectivity index (χ1) is 9.44. The Labute approximate surface area is 123 Å². The largest absolute Gasteiger partial charge is 0.398 e. The van der Waals surface area contributed by atoms with E-state index in [0.717, 1.165) is 37.4 Å². The summed E-state index contributed by atoms with van der Waals surface area (Å²) in [7, 11) is 0. The molecule has 0 aromatic heterocycles. The number of hydrogen-bond donors (Lipinski definition) is 2. The fourth-order valence-corrected chi connectivity index (χ4v) is 3.49. The van der Waals surface area contributed by atoms with Gasteiger partial charge in [0.2, 0.25) is 5.91 Å². The van der Waals surface area contributed by atoms with Crippen molar-refractivity contribution in [1.82, 2.24) is 4.90 Å². The lowest BCUT2D eigenvalue weighted by atomic mass is 9.72. The highest BCUT2D eigenvalue weighted by Crippen LogP contribution is 2.44. The third kappa shape index (κ3) is 2.01. The molecule has 0 bridgehead atoms. The lowest BCUT2D eigenvalue weighted by Gasteiger charge is -2.61. The monoisotopic (exact) mass is 294 g/mol. The van der Waals surface area contributed by atoms with Crippen LogP contribution in [0, 0.1) is 5.41 Å². The molecule has 3 rings (SSSR count). The summed E-state index contributed by atoms with van der Waals surface area (Å²) in [6, 6.07) is 3.66. The molecule has 2 heterocycles. The quantitative estimate of drug-likeness (QED) is 0.800. The zero-order valence-corrected chi connectivity index (χ0v) is 12.3. The lowest BCUT2D eigenvalue weighted by Crippen LogP contribution is -2.73. The SMILES string of the molecule is CC(=O)N1CC2(C1)CN(c1cc(Cl)cc(N)c1CN)C2. The van der Waals surface area contributed by atoms with Gasteiger partial charge in [0.15, 0.2) is 0 Å². The van der Waals surface area contributed by atoms with Gasteiger partial charge >= 0.3 is 0 Å². The first kappa shape index (κ1) is 13.5. The molecule has 0 radical (unpaired) electrons. The number of benzene rings is 1. The van der Waals surface area contributed by atoms with Gasteiger partial charge in [0, 0.05) is 67.0 Å². The van der Waals surface area contributed by atoms with Crippen molar-refractivity contribution in [2.75, 3.05) is 36.8 Å². The molecule has 1 aromatic carbocycles. The number of hydrogen-bond acceptors (Lipinski definition) is 4. The van der Waals surface area contributed by atoms with E-state index >= 15 is 0 Å². The van der Waals surface area contributed by atoms with E-state index in [1.54, 1.807) is 13.0 Å². The second kappa shape index (κ2) is 4.53. The third-order valence-electron chi connectivity index (χ3n) is 4.32. The maximum absolute atomic E-state index is 11.3. The highest BCUT2D eigenvalue weighted by atomic mass is 35.5. The number of halogens is 1. The molecule has 0 unspecified atom stereocenters. The van der Waals surface area contributed by atoms with Crippen LogP contribution >= 0.6 is 11.6 Å². The highest BCUT2D eigenvalue weighted by molar-refractivity contribution is 6.31. The minimum Gasteiger partial charge on any atom is -0.398 e. The van der Waals surface area contributed by atoms with Crippen LogP contribution < -0.4 is 16.4 Å². The number of likely N-dealkylation sites (tertiary alicyclic amines) is 1. The molecule has 0 aliphatic carbocycles. The van der Waals surface area contributed by atoms with E-state index in [4.69, 9.17) is 23.1 Å². The van der Waals surface area contributed by atoms with Gasteiger partial charge < -0.3 is 21.3 Å². The molecule has 2 fully saturated rings. The van der Waals surface area contributed by atoms with Crippen LogP contribution in [0.4, 0.5) is 11.4 Å². The smallest absolute Gasteiger partial charge is 0.219 e. The van der Waals surface area contributed by atoms with Gasteiger partial charge in [-0.3, -0.25) is 4.79 Å². The third-order valence-corrected chi connectivity index (χ3v) is 4.54. The van der Waals surface area contributed by atoms with Gasteiger partial charge in [0.05, 0.1) is 0 Å². The van der Waals surface area contributed by atoms with E-state index in [1.807, 2.05) is 11.0 Å². The first-order valence-electron chi connectivity index (χ1n) is 6.72. The summed E-state index contributed by atoms with van der Waals surface area (Å²) in [5.74, 6) is 0.156. The number of amides is 1. The van der Waals surface area contributed by atoms with Crippen molar-refractivity contribution in [1.29, 1.82) is 0 Å². The minimum absolute atomic E-state index is 0.156. The van der Waals surface area contributed by atoms with Crippen LogP contribution in [0.1, 0.15) is 12.5 Å². The fourth-order valence-electron chi connectivity index (χ4n) is 3.27. The molecule has 5 nitrogen and oxygen atoms in total. The Balaban J connectivity index is 1.73. The Bertz CT molecular complexity index is 561. The van der Waals surface area contributed by atoms with Crippen molar-refractivity contribution >= 4 is 28.9 Å². The molecular weight excluding hydrogens is 276 g/mol. The summed E-state index contributed by atoms with van der Waals surface area (Å²) >= 11 is 6.09. The molecular formula is C14H19ClN4O. The predicted octanol–water partition coefficient (Wildman–Crippen LogP) is 1.05. The van der Waals surface area contributed by atoms with E-state index < -0.39 is 0 Å². The maximum atomic E-state index is 11.3. The van der Waals surface area contributed by atoms with Gasteiger partial charge in [-0.15, -0.1) is 0 Å². The van der Waals surface area contributed by atoms with Crippen molar-refractivity contribution in [3.63, 3.8) is 0 Å². The topological polar surface area (TPSA) is 75.6 Å². The predicted molar refractivity (Wildman–Crippen MR) is 80.7 cm³/mol. The van der Waals surface area contributed by atoms with Crippen LogP contribution in [0.2, 0.25) is 5.02 Å². The summed E-state index contributed by atoms with van der Waals surface area (Å²) < 4.78 is 0. The van der Waals surface area contributed by atoms with Gasteiger partial charge in [0.1, 0.15) is 0 Å². The molecule has 2 aliphatic heterocycles. The standard InChI is InChI=1S/C14H19ClN4O/c1-9(20)18-5-14(6-18)7-19(8-14)13-3-10(15)2-12(17)11(13)4-16/h2-3H,4-8,16-17H2,1H3. The Morgan fingerprint density at radius 1 is 1.35 bits per heavy atom. The minimum atomic E-state index is 0.156. The summed E-state index contributed by atoms with van der Waals surface area (Å²) in [6.45, 7) is 5.60. The van der Waals surface area contributed by atoms with Gasteiger partial charge in [-0.25, -0.2) is 0 Å². The molecule has 2 aliphatic rings. The zero-order valence-electron chi connectivity index (χ0n) is 11.5. The molecule has 1 amide bonds. The fraction of sp³-hybridized carbons (Fsp3) is 0.500. The van der Waals surface area contributed by atoms with Crippen molar-refractivity contribution in [2.24, 2.45) is 11.1 Å². The summed E-state index contributed by atoms with van der Waals surface area (Å²) in [5, 5.41) is 0.634. The van der Waals surface area contributed by atoms with Gasteiger partial charge in [0.25, 0.3) is 0 Å². The first-order valence-corrected chi connectivity index (χ1v) is 7.10. The van der Waals surface area contributed by atoms with Crippen LogP contribution in [-0.4, -0.2) is 37.0 Å². The lowest BCUT2D eigenvalue weighted by molar-refractivity contribution is -0.142. The van der Waals surface area contributed by atoms with Crippen molar-refractivity contribution in [3.8, 4) is 0 Å². The molecule has 4 N–H and O–H groups in total. The van der Waals surface area contributed by atoms with E-state index in [0.29, 0.717) is 17.3 Å². The molecule has 2 saturated heterocycles. The number of carbonyl (C=O) groups excluding carboxylic acids is 1. The zero-order chi connectivity index (χ0) is 14.5. The second-order valence-electron chi connectivity index (χ2n) is 5.93. The molecule has 0 atom stereocenters. The van der Waals surface area contributed by atoms with Crippen LogP contribution in [-0.2, 0) is 11.3 Å². The molecule has 1 aromatic rings. The normalized spacial score (nSPS) is 19.8. The average molecular weight is 295 g/mol. The number of anilines is 2. The van der Waals surface area contributed by atoms with E-state index in [-0.39, 0.29) is 11.3 Å². The maximum Gasteiger partial charge on any atom is 0.219 e. The van der Waals surface area contributed by atoms with Gasteiger partial charge in [-0.05, 0) is 12.1 Å².